The van der Waals surface area contributed by atoms with Crippen molar-refractivity contribution in [1.29, 1.82) is 0 Å². The van der Waals surface area contributed by atoms with Gasteiger partial charge < -0.3 is 14.6 Å². The number of nitro groups is 1. The molecule has 6 heteroatoms. The van der Waals surface area contributed by atoms with Crippen molar-refractivity contribution in [1.82, 2.24) is 10.2 Å². The molecule has 0 saturated carbocycles. The van der Waals surface area contributed by atoms with Gasteiger partial charge in [0.15, 0.2) is 0 Å². The predicted molar refractivity (Wildman–Crippen MR) is 67.3 cm³/mol. The molecule has 0 aromatic carbocycles. The largest absolute Gasteiger partial charge is 0.433 e. The quantitative estimate of drug-likeness (QED) is 0.639. The summed E-state index contributed by atoms with van der Waals surface area (Å²) in [5, 5.41) is 13.9. The van der Waals surface area contributed by atoms with Crippen LogP contribution in [0, 0.1) is 10.1 Å². The van der Waals surface area contributed by atoms with Crippen LogP contribution in [0.1, 0.15) is 25.5 Å². The van der Waals surface area contributed by atoms with E-state index in [1.165, 1.54) is 19.0 Å². The van der Waals surface area contributed by atoms with E-state index in [0.717, 1.165) is 19.5 Å². The molecule has 0 radical (unpaired) electrons. The van der Waals surface area contributed by atoms with Gasteiger partial charge >= 0.3 is 5.88 Å². The van der Waals surface area contributed by atoms with Crippen molar-refractivity contribution < 1.29 is 9.34 Å². The number of hydrogen-bond acceptors (Lipinski definition) is 5. The Bertz CT molecular complexity index is 405. The third kappa shape index (κ3) is 3.30. The van der Waals surface area contributed by atoms with Crippen LogP contribution in [0.5, 0.6) is 0 Å². The van der Waals surface area contributed by atoms with E-state index >= 15 is 0 Å². The average molecular weight is 253 g/mol. The lowest BCUT2D eigenvalue weighted by Gasteiger charge is -2.32. The summed E-state index contributed by atoms with van der Waals surface area (Å²) in [6.45, 7) is 6.00. The molecule has 6 nitrogen and oxygen atoms in total. The number of rotatable bonds is 5. The summed E-state index contributed by atoms with van der Waals surface area (Å²) in [7, 11) is 0. The smallest absolute Gasteiger partial charge is 0.404 e. The maximum absolute atomic E-state index is 10.5. The van der Waals surface area contributed by atoms with Crippen molar-refractivity contribution in [3.8, 4) is 0 Å². The van der Waals surface area contributed by atoms with Gasteiger partial charge in [-0.2, -0.15) is 0 Å². The lowest BCUT2D eigenvalue weighted by atomic mass is 10.1. The third-order valence-corrected chi connectivity index (χ3v) is 3.35. The van der Waals surface area contributed by atoms with Crippen LogP contribution in [-0.2, 0) is 6.54 Å². The minimum atomic E-state index is -0.511. The fraction of sp³-hybridized carbons (Fsp3) is 0.667. The Morgan fingerprint density at radius 1 is 1.61 bits per heavy atom. The van der Waals surface area contributed by atoms with Crippen molar-refractivity contribution in [2.24, 2.45) is 0 Å². The standard InChI is InChI=1S/C12H19N3O3/c1-2-14-7-3-4-10(9-14)13-8-11-5-6-12(18-11)15(16)17/h5-6,10,13H,2-4,7-9H2,1H3. The molecule has 1 N–H and O–H groups in total. The molecule has 1 aliphatic rings. The van der Waals surface area contributed by atoms with Gasteiger partial charge in [-0.05, 0) is 32.0 Å². The molecule has 0 amide bonds. The summed E-state index contributed by atoms with van der Waals surface area (Å²) in [6.07, 6.45) is 2.35. The highest BCUT2D eigenvalue weighted by Crippen LogP contribution is 2.16. The van der Waals surface area contributed by atoms with Crippen molar-refractivity contribution in [2.75, 3.05) is 19.6 Å². The first kappa shape index (κ1) is 13.0. The highest BCUT2D eigenvalue weighted by molar-refractivity contribution is 5.17. The summed E-state index contributed by atoms with van der Waals surface area (Å²) in [5.74, 6) is 0.431. The molecule has 18 heavy (non-hydrogen) atoms. The van der Waals surface area contributed by atoms with Gasteiger partial charge in [0, 0.05) is 12.6 Å². The second-order valence-corrected chi connectivity index (χ2v) is 4.61. The van der Waals surface area contributed by atoms with Gasteiger partial charge in [0.1, 0.15) is 10.7 Å². The minimum absolute atomic E-state index is 0.189. The van der Waals surface area contributed by atoms with E-state index < -0.39 is 4.92 Å². The molecular weight excluding hydrogens is 234 g/mol. The Balaban J connectivity index is 1.81. The molecule has 1 fully saturated rings. The van der Waals surface area contributed by atoms with Gasteiger partial charge in [-0.3, -0.25) is 10.1 Å². The maximum Gasteiger partial charge on any atom is 0.433 e. The zero-order valence-corrected chi connectivity index (χ0v) is 10.6. The summed E-state index contributed by atoms with van der Waals surface area (Å²) in [6, 6.07) is 3.50. The zero-order valence-electron chi connectivity index (χ0n) is 10.6. The number of nitrogens with zero attached hydrogens (tertiary/aromatic N) is 2. The van der Waals surface area contributed by atoms with Gasteiger partial charge in [0.05, 0.1) is 12.6 Å². The summed E-state index contributed by atoms with van der Waals surface area (Å²) < 4.78 is 5.11. The van der Waals surface area contributed by atoms with Gasteiger partial charge in [0.2, 0.25) is 0 Å². The number of furan rings is 1. The van der Waals surface area contributed by atoms with E-state index in [4.69, 9.17) is 4.42 Å². The Hall–Kier alpha value is -1.40. The second kappa shape index (κ2) is 5.97. The molecule has 1 aromatic heterocycles. The first-order valence-corrected chi connectivity index (χ1v) is 6.38. The van der Waals surface area contributed by atoms with Gasteiger partial charge in [-0.15, -0.1) is 0 Å². The molecule has 0 bridgehead atoms. The monoisotopic (exact) mass is 253 g/mol. The summed E-state index contributed by atoms with van der Waals surface area (Å²) in [4.78, 5) is 12.4. The normalized spacial score (nSPS) is 21.1. The number of piperidine rings is 1. The molecule has 1 aromatic rings. The van der Waals surface area contributed by atoms with E-state index in [-0.39, 0.29) is 5.88 Å². The maximum atomic E-state index is 10.5. The summed E-state index contributed by atoms with van der Waals surface area (Å²) in [5.41, 5.74) is 0. The van der Waals surface area contributed by atoms with E-state index in [2.05, 4.69) is 17.1 Å². The van der Waals surface area contributed by atoms with Crippen molar-refractivity contribution in [3.63, 3.8) is 0 Å². The van der Waals surface area contributed by atoms with E-state index in [1.807, 2.05) is 0 Å². The van der Waals surface area contributed by atoms with Crippen molar-refractivity contribution >= 4 is 5.88 Å². The number of hydrogen-bond donors (Lipinski definition) is 1. The van der Waals surface area contributed by atoms with Crippen LogP contribution in [0.15, 0.2) is 16.5 Å². The molecule has 1 saturated heterocycles. The highest BCUT2D eigenvalue weighted by Gasteiger charge is 2.19. The van der Waals surface area contributed by atoms with Crippen molar-refractivity contribution in [3.05, 3.63) is 28.0 Å². The second-order valence-electron chi connectivity index (χ2n) is 4.61. The van der Waals surface area contributed by atoms with Gasteiger partial charge in [0.25, 0.3) is 0 Å². The molecule has 2 rings (SSSR count). The van der Waals surface area contributed by atoms with E-state index in [9.17, 15) is 10.1 Å². The molecule has 100 valence electrons. The number of likely N-dealkylation sites (tertiary alicyclic amines) is 1. The Labute approximate surface area is 106 Å². The Kier molecular flexibility index (Phi) is 4.33. The van der Waals surface area contributed by atoms with Crippen LogP contribution in [0.3, 0.4) is 0 Å². The zero-order chi connectivity index (χ0) is 13.0. The first-order chi connectivity index (χ1) is 8.69. The van der Waals surface area contributed by atoms with Crippen LogP contribution in [-0.4, -0.2) is 35.5 Å². The molecule has 1 unspecified atom stereocenters. The fourth-order valence-electron chi connectivity index (χ4n) is 2.31. The summed E-state index contributed by atoms with van der Waals surface area (Å²) >= 11 is 0. The van der Waals surface area contributed by atoms with Crippen LogP contribution in [0.4, 0.5) is 5.88 Å². The van der Waals surface area contributed by atoms with Crippen LogP contribution in [0.2, 0.25) is 0 Å². The lowest BCUT2D eigenvalue weighted by Crippen LogP contribution is -2.45. The van der Waals surface area contributed by atoms with Gasteiger partial charge in [-0.25, -0.2) is 0 Å². The van der Waals surface area contributed by atoms with Crippen LogP contribution >= 0.6 is 0 Å². The number of likely N-dealkylation sites (N-methyl/N-ethyl adjacent to an activating group) is 1. The van der Waals surface area contributed by atoms with Crippen molar-refractivity contribution in [2.45, 2.75) is 32.4 Å². The predicted octanol–water partition coefficient (Wildman–Crippen LogP) is 1.76. The Morgan fingerprint density at radius 3 is 3.11 bits per heavy atom. The Morgan fingerprint density at radius 2 is 2.44 bits per heavy atom. The van der Waals surface area contributed by atoms with E-state index in [0.29, 0.717) is 18.3 Å². The minimum Gasteiger partial charge on any atom is -0.404 e. The van der Waals surface area contributed by atoms with Gasteiger partial charge in [-0.1, -0.05) is 6.92 Å². The van der Waals surface area contributed by atoms with Crippen LogP contribution in [0.25, 0.3) is 0 Å². The SMILES string of the molecule is CCN1CCCC(NCc2ccc([N+](=O)[O-])o2)C1. The number of nitrogens with one attached hydrogen (secondary N) is 1. The molecule has 0 aliphatic carbocycles. The topological polar surface area (TPSA) is 71.5 Å². The fourth-order valence-corrected chi connectivity index (χ4v) is 2.31. The molecule has 1 atom stereocenters. The molecule has 2 heterocycles. The average Bonchev–Trinajstić information content (AvgIpc) is 2.85. The van der Waals surface area contributed by atoms with E-state index in [1.54, 1.807) is 6.07 Å². The highest BCUT2D eigenvalue weighted by atomic mass is 16.6. The first-order valence-electron chi connectivity index (χ1n) is 6.38. The third-order valence-electron chi connectivity index (χ3n) is 3.35. The lowest BCUT2D eigenvalue weighted by molar-refractivity contribution is -0.402. The molecule has 0 spiro atoms. The molecule has 1 aliphatic heterocycles. The van der Waals surface area contributed by atoms with Crippen LogP contribution < -0.4 is 5.32 Å². The molecular formula is C12H19N3O3.